The average molecular weight is 274 g/mol. The number of nitrogens with one attached hydrogen (secondary N) is 1. The lowest BCUT2D eigenvalue weighted by atomic mass is 10.0. The van der Waals surface area contributed by atoms with E-state index in [4.69, 9.17) is 18.0 Å². The van der Waals surface area contributed by atoms with E-state index in [1.165, 1.54) is 19.3 Å². The fourth-order valence-corrected chi connectivity index (χ4v) is 4.53. The van der Waals surface area contributed by atoms with E-state index < -0.39 is 0 Å². The second-order valence-electron chi connectivity index (χ2n) is 6.24. The number of nitrogens with zero attached hydrogens (tertiary/aromatic N) is 2. The van der Waals surface area contributed by atoms with Crippen molar-refractivity contribution >= 4 is 23.2 Å². The third-order valence-corrected chi connectivity index (χ3v) is 5.35. The minimum atomic E-state index is 0.338. The van der Waals surface area contributed by atoms with Crippen molar-refractivity contribution in [2.45, 2.75) is 32.2 Å². The molecule has 0 radical (unpaired) electrons. The van der Waals surface area contributed by atoms with Crippen LogP contribution in [0.1, 0.15) is 30.7 Å². The Balaban J connectivity index is 1.54. The number of aryl methyl sites for hydroxylation is 1. The van der Waals surface area contributed by atoms with Gasteiger partial charge in [-0.3, -0.25) is 0 Å². The molecule has 3 saturated carbocycles. The molecule has 5 heteroatoms. The number of anilines is 1. The van der Waals surface area contributed by atoms with Crippen LogP contribution >= 0.6 is 12.2 Å². The lowest BCUT2D eigenvalue weighted by Crippen LogP contribution is -2.18. The molecule has 3 N–H and O–H groups in total. The smallest absolute Gasteiger partial charge is 0.223 e. The second-order valence-corrected chi connectivity index (χ2v) is 6.68. The maximum atomic E-state index is 5.66. The zero-order valence-corrected chi connectivity index (χ0v) is 11.8. The second kappa shape index (κ2) is 3.88. The van der Waals surface area contributed by atoms with Crippen LogP contribution in [-0.2, 0) is 0 Å². The van der Waals surface area contributed by atoms with Gasteiger partial charge in [0.1, 0.15) is 10.7 Å². The maximum absolute atomic E-state index is 5.66. The van der Waals surface area contributed by atoms with Gasteiger partial charge in [0.2, 0.25) is 5.95 Å². The Bertz CT molecular complexity index is 542. The number of fused-ring (bicyclic) bond motifs is 5. The number of aromatic nitrogens is 2. The van der Waals surface area contributed by atoms with Gasteiger partial charge in [-0.15, -0.1) is 0 Å². The molecule has 2 bridgehead atoms. The number of rotatable bonds is 3. The monoisotopic (exact) mass is 274 g/mol. The zero-order chi connectivity index (χ0) is 13.1. The first-order valence-electron chi connectivity index (χ1n) is 7.05. The summed E-state index contributed by atoms with van der Waals surface area (Å²) in [5, 5.41) is 3.52. The summed E-state index contributed by atoms with van der Waals surface area (Å²) in [4.78, 5) is 9.22. The van der Waals surface area contributed by atoms with Crippen LogP contribution in [0.5, 0.6) is 0 Å². The van der Waals surface area contributed by atoms with E-state index in [9.17, 15) is 0 Å². The summed E-state index contributed by atoms with van der Waals surface area (Å²) in [6.45, 7) is 1.95. The molecule has 4 atom stereocenters. The first-order valence-corrected chi connectivity index (χ1v) is 7.46. The molecule has 19 heavy (non-hydrogen) atoms. The summed E-state index contributed by atoms with van der Waals surface area (Å²) in [5.41, 5.74) is 7.23. The molecule has 4 nitrogen and oxygen atoms in total. The highest BCUT2D eigenvalue weighted by Gasteiger charge is 2.65. The minimum Gasteiger partial charge on any atom is -0.388 e. The Morgan fingerprint density at radius 3 is 2.63 bits per heavy atom. The summed E-state index contributed by atoms with van der Waals surface area (Å²) in [6, 6.07) is 2.43. The van der Waals surface area contributed by atoms with E-state index in [0.29, 0.717) is 22.7 Å². The third-order valence-electron chi connectivity index (χ3n) is 5.14. The number of hydrogen-bond donors (Lipinski definition) is 2. The minimum absolute atomic E-state index is 0.338. The van der Waals surface area contributed by atoms with Crippen molar-refractivity contribution in [3.63, 3.8) is 0 Å². The molecule has 0 saturated heterocycles. The molecule has 0 aliphatic heterocycles. The maximum Gasteiger partial charge on any atom is 0.223 e. The van der Waals surface area contributed by atoms with Crippen LogP contribution in [0.2, 0.25) is 0 Å². The zero-order valence-electron chi connectivity index (χ0n) is 11.0. The van der Waals surface area contributed by atoms with Crippen LogP contribution in [-0.4, -0.2) is 21.0 Å². The van der Waals surface area contributed by atoms with Crippen molar-refractivity contribution in [3.8, 4) is 0 Å². The standard InChI is InChI=1S/C14H18N4S/c1-6-4-9(13(15)19)17-14(16-6)18-12-10-7-2-3-8(5-7)11(10)12/h4,7-8,10-12H,2-3,5H2,1H3,(H2,15,19)(H,16,17,18). The van der Waals surface area contributed by atoms with Crippen LogP contribution in [0, 0.1) is 30.6 Å². The third kappa shape index (κ3) is 1.75. The molecule has 4 rings (SSSR count). The molecule has 4 unspecified atom stereocenters. The fraction of sp³-hybridized carbons (Fsp3) is 0.643. The van der Waals surface area contributed by atoms with Gasteiger partial charge in [0.25, 0.3) is 0 Å². The van der Waals surface area contributed by atoms with Gasteiger partial charge >= 0.3 is 0 Å². The van der Waals surface area contributed by atoms with Crippen molar-refractivity contribution in [2.75, 3.05) is 5.32 Å². The Hall–Kier alpha value is -1.23. The SMILES string of the molecule is Cc1cc(C(N)=S)nc(NC2C3C4CCC(C4)C23)n1. The number of hydrogen-bond acceptors (Lipinski definition) is 4. The first-order chi connectivity index (χ1) is 9.13. The highest BCUT2D eigenvalue weighted by molar-refractivity contribution is 7.80. The Morgan fingerprint density at radius 1 is 1.32 bits per heavy atom. The van der Waals surface area contributed by atoms with Gasteiger partial charge in [0.05, 0.1) is 0 Å². The normalized spacial score (nSPS) is 38.1. The van der Waals surface area contributed by atoms with Gasteiger partial charge < -0.3 is 11.1 Å². The van der Waals surface area contributed by atoms with E-state index in [2.05, 4.69) is 15.3 Å². The van der Waals surface area contributed by atoms with Crippen LogP contribution in [0.15, 0.2) is 6.07 Å². The van der Waals surface area contributed by atoms with Crippen molar-refractivity contribution in [1.29, 1.82) is 0 Å². The van der Waals surface area contributed by atoms with Crippen LogP contribution in [0.4, 0.5) is 5.95 Å². The van der Waals surface area contributed by atoms with Gasteiger partial charge in [-0.25, -0.2) is 9.97 Å². The van der Waals surface area contributed by atoms with Gasteiger partial charge in [-0.05, 0) is 55.9 Å². The van der Waals surface area contributed by atoms with Gasteiger partial charge in [0, 0.05) is 11.7 Å². The Morgan fingerprint density at radius 2 is 2.00 bits per heavy atom. The molecule has 0 spiro atoms. The Kier molecular flexibility index (Phi) is 2.37. The molecule has 100 valence electrons. The van der Waals surface area contributed by atoms with Gasteiger partial charge in [0.15, 0.2) is 0 Å². The predicted molar refractivity (Wildman–Crippen MR) is 77.9 cm³/mol. The summed E-state index contributed by atoms with van der Waals surface area (Å²) >= 11 is 5.00. The highest BCUT2D eigenvalue weighted by Crippen LogP contribution is 2.66. The van der Waals surface area contributed by atoms with Gasteiger partial charge in [-0.2, -0.15) is 0 Å². The first kappa shape index (κ1) is 11.6. The van der Waals surface area contributed by atoms with Crippen molar-refractivity contribution in [1.82, 2.24) is 9.97 Å². The lowest BCUT2D eigenvalue weighted by molar-refractivity contribution is 0.456. The van der Waals surface area contributed by atoms with Crippen LogP contribution in [0.3, 0.4) is 0 Å². The van der Waals surface area contributed by atoms with Crippen molar-refractivity contribution in [3.05, 3.63) is 17.5 Å². The fourth-order valence-electron chi connectivity index (χ4n) is 4.43. The molecule has 3 aliphatic rings. The van der Waals surface area contributed by atoms with E-state index in [0.717, 1.165) is 29.4 Å². The van der Waals surface area contributed by atoms with Gasteiger partial charge in [-0.1, -0.05) is 12.2 Å². The van der Waals surface area contributed by atoms with Crippen LogP contribution in [0.25, 0.3) is 0 Å². The molecule has 1 aromatic heterocycles. The topological polar surface area (TPSA) is 63.8 Å². The lowest BCUT2D eigenvalue weighted by Gasteiger charge is -2.11. The molecular weight excluding hydrogens is 256 g/mol. The quantitative estimate of drug-likeness (QED) is 0.824. The summed E-state index contributed by atoms with van der Waals surface area (Å²) in [5.74, 6) is 4.34. The molecule has 3 aliphatic carbocycles. The highest BCUT2D eigenvalue weighted by atomic mass is 32.1. The largest absolute Gasteiger partial charge is 0.388 e. The molecule has 0 aromatic carbocycles. The summed E-state index contributed by atoms with van der Waals surface area (Å²) in [7, 11) is 0. The van der Waals surface area contributed by atoms with Crippen LogP contribution < -0.4 is 11.1 Å². The number of thiocarbonyl (C=S) groups is 1. The molecule has 0 amide bonds. The van der Waals surface area contributed by atoms with E-state index >= 15 is 0 Å². The molecule has 1 aromatic rings. The van der Waals surface area contributed by atoms with E-state index in [1.807, 2.05) is 13.0 Å². The van der Waals surface area contributed by atoms with E-state index in [-0.39, 0.29) is 0 Å². The molecule has 3 fully saturated rings. The average Bonchev–Trinajstić information content (AvgIpc) is 2.77. The molecule has 1 heterocycles. The van der Waals surface area contributed by atoms with Crippen molar-refractivity contribution < 1.29 is 0 Å². The predicted octanol–water partition coefficient (Wildman–Crippen LogP) is 1.88. The van der Waals surface area contributed by atoms with E-state index in [1.54, 1.807) is 0 Å². The summed E-state index contributed by atoms with van der Waals surface area (Å²) in [6.07, 6.45) is 4.31. The van der Waals surface area contributed by atoms with Crippen molar-refractivity contribution in [2.24, 2.45) is 29.4 Å². The number of nitrogens with two attached hydrogens (primary N) is 1. The summed E-state index contributed by atoms with van der Waals surface area (Å²) < 4.78 is 0. The Labute approximate surface area is 118 Å². The molecular formula is C14H18N4S.